The summed E-state index contributed by atoms with van der Waals surface area (Å²) in [5.74, 6) is -3.58. The zero-order valence-electron chi connectivity index (χ0n) is 12.3. The molecule has 2 aromatic rings. The Morgan fingerprint density at radius 2 is 0.800 bits per heavy atom. The normalized spacial score (nSPS) is 9.28. The molecular formula is C14H10CaO8S2. The second-order valence-electron chi connectivity index (χ2n) is 4.30. The Morgan fingerprint density at radius 3 is 0.960 bits per heavy atom. The molecule has 0 bridgehead atoms. The first-order valence-corrected chi connectivity index (χ1v) is 6.78. The van der Waals surface area contributed by atoms with Crippen LogP contribution in [0, 0.1) is 0 Å². The molecule has 6 N–H and O–H groups in total. The van der Waals surface area contributed by atoms with Gasteiger partial charge in [0.15, 0.2) is 34.5 Å². The fourth-order valence-corrected chi connectivity index (χ4v) is 1.68. The summed E-state index contributed by atoms with van der Waals surface area (Å²) in [7, 11) is 0. The predicted molar refractivity (Wildman–Crippen MR) is 92.0 cm³/mol. The molecule has 2 aromatic carbocycles. The molecule has 0 radical (unpaired) electrons. The van der Waals surface area contributed by atoms with Crippen molar-refractivity contribution in [2.75, 3.05) is 0 Å². The summed E-state index contributed by atoms with van der Waals surface area (Å²) >= 11 is 8.53. The van der Waals surface area contributed by atoms with Crippen molar-refractivity contribution in [3.8, 4) is 34.5 Å². The first kappa shape index (κ1) is 23.3. The number of thiocarbonyl (C=S) groups is 2. The smallest absolute Gasteiger partial charge is 0.864 e. The van der Waals surface area contributed by atoms with Gasteiger partial charge in [0.05, 0.1) is 0 Å². The second kappa shape index (κ2) is 9.68. The summed E-state index contributed by atoms with van der Waals surface area (Å²) in [5, 5.41) is 73.1. The quantitative estimate of drug-likeness (QED) is 0.211. The van der Waals surface area contributed by atoms with Crippen molar-refractivity contribution < 1.29 is 40.9 Å². The molecule has 128 valence electrons. The summed E-state index contributed by atoms with van der Waals surface area (Å²) < 4.78 is 0. The average molecular weight is 410 g/mol. The molecule has 2 rings (SSSR count). The molecule has 11 heteroatoms. The van der Waals surface area contributed by atoms with Gasteiger partial charge in [-0.1, -0.05) is 24.4 Å². The van der Waals surface area contributed by atoms with Crippen molar-refractivity contribution in [3.05, 3.63) is 35.4 Å². The van der Waals surface area contributed by atoms with E-state index in [4.69, 9.17) is 30.6 Å². The third-order valence-electron chi connectivity index (χ3n) is 2.61. The molecule has 0 aliphatic carbocycles. The third kappa shape index (κ3) is 6.25. The van der Waals surface area contributed by atoms with Gasteiger partial charge in [0, 0.05) is 0 Å². The van der Waals surface area contributed by atoms with Crippen LogP contribution in [-0.2, 0) is 0 Å². The van der Waals surface area contributed by atoms with Gasteiger partial charge < -0.3 is 40.9 Å². The molecule has 0 heterocycles. The van der Waals surface area contributed by atoms with E-state index in [1.54, 1.807) is 0 Å². The van der Waals surface area contributed by atoms with Crippen molar-refractivity contribution in [1.82, 2.24) is 0 Å². The van der Waals surface area contributed by atoms with E-state index in [0.717, 1.165) is 24.3 Å². The maximum Gasteiger partial charge on any atom is 2.00 e. The fourth-order valence-electron chi connectivity index (χ4n) is 1.44. The Bertz CT molecular complexity index is 696. The fraction of sp³-hybridized carbons (Fsp3) is 0. The Hall–Kier alpha value is -1.72. The minimum atomic E-state index is -0.708. The Balaban J connectivity index is 0.000000443. The number of hydrogen-bond donors (Lipinski definition) is 6. The third-order valence-corrected chi connectivity index (χ3v) is 3.08. The number of phenols is 6. The molecule has 0 unspecified atom stereocenters. The van der Waals surface area contributed by atoms with Gasteiger partial charge in [-0.05, 0) is 45.5 Å². The molecule has 0 aliphatic rings. The summed E-state index contributed by atoms with van der Waals surface area (Å²) in [6.07, 6.45) is 0. The number of benzene rings is 2. The van der Waals surface area contributed by atoms with Gasteiger partial charge in [-0.25, -0.2) is 0 Å². The summed E-state index contributed by atoms with van der Waals surface area (Å²) in [6.45, 7) is 0. The van der Waals surface area contributed by atoms with E-state index in [0.29, 0.717) is 0 Å². The summed E-state index contributed by atoms with van der Waals surface area (Å²) in [5.41, 5.74) is -0.0596. The Kier molecular flexibility index (Phi) is 9.02. The maximum absolute atomic E-state index is 10.6. The largest absolute Gasteiger partial charge is 2.00 e. The number of phenolic OH excluding ortho intramolecular Hbond substituents is 6. The molecule has 0 aliphatic heterocycles. The van der Waals surface area contributed by atoms with E-state index in [1.807, 2.05) is 0 Å². The number of aromatic hydroxyl groups is 6. The molecule has 8 nitrogen and oxygen atoms in total. The molecule has 0 saturated heterocycles. The Labute approximate surface area is 181 Å². The number of hydrogen-bond acceptors (Lipinski definition) is 10. The van der Waals surface area contributed by atoms with E-state index in [2.05, 4.69) is 24.4 Å². The zero-order chi connectivity index (χ0) is 18.6. The first-order chi connectivity index (χ1) is 11.0. The van der Waals surface area contributed by atoms with E-state index in [9.17, 15) is 10.2 Å². The van der Waals surface area contributed by atoms with Crippen LogP contribution in [0.25, 0.3) is 0 Å². The maximum atomic E-state index is 10.6. The second-order valence-corrected chi connectivity index (χ2v) is 5.04. The van der Waals surface area contributed by atoms with Gasteiger partial charge in [-0.2, -0.15) is 0 Å². The zero-order valence-corrected chi connectivity index (χ0v) is 16.2. The van der Waals surface area contributed by atoms with E-state index in [-0.39, 0.29) is 48.9 Å². The van der Waals surface area contributed by atoms with Crippen LogP contribution in [0.3, 0.4) is 0 Å². The molecule has 25 heavy (non-hydrogen) atoms. The molecule has 0 atom stereocenters. The van der Waals surface area contributed by atoms with Crippen LogP contribution in [0.2, 0.25) is 0 Å². The van der Waals surface area contributed by atoms with Gasteiger partial charge in [0.1, 0.15) is 0 Å². The minimum Gasteiger partial charge on any atom is -0.864 e. The van der Waals surface area contributed by atoms with Gasteiger partial charge in [-0.3, -0.25) is 0 Å². The van der Waals surface area contributed by atoms with Crippen LogP contribution in [0.4, 0.5) is 0 Å². The molecule has 0 spiro atoms. The van der Waals surface area contributed by atoms with Gasteiger partial charge in [-0.15, -0.1) is 0 Å². The molecule has 0 fully saturated rings. The molecule has 0 saturated carbocycles. The van der Waals surface area contributed by atoms with Crippen LogP contribution in [0.1, 0.15) is 11.1 Å². The van der Waals surface area contributed by atoms with Gasteiger partial charge in [0.25, 0.3) is 0 Å². The van der Waals surface area contributed by atoms with E-state index >= 15 is 0 Å². The minimum absolute atomic E-state index is 0. The number of rotatable bonds is 2. The van der Waals surface area contributed by atoms with Gasteiger partial charge >= 0.3 is 37.7 Å². The first-order valence-electron chi connectivity index (χ1n) is 5.97. The van der Waals surface area contributed by atoms with Crippen molar-refractivity contribution in [2.24, 2.45) is 0 Å². The summed E-state index contributed by atoms with van der Waals surface area (Å²) in [6, 6.07) is 3.96. The van der Waals surface area contributed by atoms with Crippen molar-refractivity contribution in [2.45, 2.75) is 0 Å². The molecule has 0 aromatic heterocycles. The van der Waals surface area contributed by atoms with Crippen molar-refractivity contribution in [1.29, 1.82) is 0 Å². The van der Waals surface area contributed by atoms with Gasteiger partial charge in [0.2, 0.25) is 0 Å². The van der Waals surface area contributed by atoms with Crippen LogP contribution >= 0.6 is 24.4 Å². The molecule has 0 amide bonds. The summed E-state index contributed by atoms with van der Waals surface area (Å²) in [4.78, 5) is 0. The average Bonchev–Trinajstić information content (AvgIpc) is 2.49. The van der Waals surface area contributed by atoms with Crippen LogP contribution < -0.4 is 10.2 Å². The topological polar surface area (TPSA) is 168 Å². The monoisotopic (exact) mass is 410 g/mol. The van der Waals surface area contributed by atoms with E-state index in [1.165, 1.54) is 0 Å². The standard InChI is InChI=1S/2C7H6O4S.Ca/c2*8-4-1-3(7(11)12)2-5(9)6(4)10;/h2*1-2,8-10H,(H,11,12);/q;;+2/p-2. The van der Waals surface area contributed by atoms with Crippen molar-refractivity contribution in [3.63, 3.8) is 0 Å². The van der Waals surface area contributed by atoms with Crippen LogP contribution in [0.15, 0.2) is 24.3 Å². The molecular weight excluding hydrogens is 400 g/mol. The Morgan fingerprint density at radius 1 is 0.600 bits per heavy atom. The predicted octanol–water partition coefficient (Wildman–Crippen LogP) is -0.702. The SMILES string of the molecule is [Ca+2].[O-]C(=S)c1cc(O)c(O)c(O)c1.[O-]C(=S)c1cc(O)c(O)c(O)c1. The van der Waals surface area contributed by atoms with E-state index < -0.39 is 44.6 Å². The van der Waals surface area contributed by atoms with Crippen molar-refractivity contribution >= 4 is 72.3 Å². The van der Waals surface area contributed by atoms with Crippen LogP contribution in [-0.4, -0.2) is 78.5 Å². The van der Waals surface area contributed by atoms with Crippen LogP contribution in [0.5, 0.6) is 34.5 Å².